The van der Waals surface area contributed by atoms with Crippen LogP contribution in [0.3, 0.4) is 0 Å². The molecule has 7 heteroatoms. The van der Waals surface area contributed by atoms with Gasteiger partial charge in [0, 0.05) is 14.0 Å². The summed E-state index contributed by atoms with van der Waals surface area (Å²) in [6.45, 7) is 0.950. The summed E-state index contributed by atoms with van der Waals surface area (Å²) in [6.07, 6.45) is -5.27. The Balaban J connectivity index is 2.63. The maximum atomic E-state index is 11.3. The minimum absolute atomic E-state index is 0.249. The Morgan fingerprint density at radius 1 is 1.50 bits per heavy atom. The molecule has 4 atom stereocenters. The van der Waals surface area contributed by atoms with Crippen LogP contribution in [0.5, 0.6) is 0 Å². The lowest BCUT2D eigenvalue weighted by atomic mass is 10.0. The van der Waals surface area contributed by atoms with Crippen LogP contribution in [0, 0.1) is 0 Å². The van der Waals surface area contributed by atoms with Gasteiger partial charge in [0.15, 0.2) is 0 Å². The predicted molar refractivity (Wildman–Crippen MR) is 49.3 cm³/mol. The van der Waals surface area contributed by atoms with Gasteiger partial charge in [-0.25, -0.2) is 0 Å². The molecule has 4 unspecified atom stereocenters. The number of aliphatic hydroxyl groups is 2. The maximum absolute atomic E-state index is 11.3. The zero-order valence-corrected chi connectivity index (χ0v) is 8.95. The Morgan fingerprint density at radius 3 is 2.62 bits per heavy atom. The minimum atomic E-state index is -1.60. The number of carbonyl (C=O) groups excluding carboxylic acids is 2. The summed E-state index contributed by atoms with van der Waals surface area (Å²) in [5.74, 6) is -1.30. The molecule has 0 aromatic carbocycles. The lowest BCUT2D eigenvalue weighted by molar-refractivity contribution is -0.235. The smallest absolute Gasteiger partial charge is 0.302 e. The van der Waals surface area contributed by atoms with Crippen molar-refractivity contribution in [2.45, 2.75) is 31.5 Å². The number of aliphatic hydroxyl groups excluding tert-OH is 2. The molecule has 1 saturated heterocycles. The molecule has 2 N–H and O–H groups in total. The standard InChI is InChI=1S/C9H14O7/c1-4(10)15-3-5-6(11)7(12)8(13)9(14-2)16-5/h5-7,9,11-12H,3H2,1-2H3. The van der Waals surface area contributed by atoms with Gasteiger partial charge in [0.1, 0.15) is 24.9 Å². The van der Waals surface area contributed by atoms with Gasteiger partial charge in [-0.1, -0.05) is 0 Å². The van der Waals surface area contributed by atoms with Crippen molar-refractivity contribution in [3.63, 3.8) is 0 Å². The molecule has 0 aromatic rings. The van der Waals surface area contributed by atoms with Crippen molar-refractivity contribution in [3.05, 3.63) is 0 Å². The van der Waals surface area contributed by atoms with Crippen LogP contribution in [0.4, 0.5) is 0 Å². The van der Waals surface area contributed by atoms with Crippen LogP contribution in [0.15, 0.2) is 0 Å². The van der Waals surface area contributed by atoms with Crippen molar-refractivity contribution in [2.24, 2.45) is 0 Å². The van der Waals surface area contributed by atoms with Crippen LogP contribution in [-0.4, -0.2) is 60.3 Å². The third-order valence-corrected chi connectivity index (χ3v) is 2.19. The Kier molecular flexibility index (Phi) is 4.36. The number of ether oxygens (including phenoxy) is 3. The summed E-state index contributed by atoms with van der Waals surface area (Å²) in [7, 11) is 1.23. The van der Waals surface area contributed by atoms with Crippen molar-refractivity contribution in [1.82, 2.24) is 0 Å². The van der Waals surface area contributed by atoms with E-state index in [1.807, 2.05) is 0 Å². The third-order valence-electron chi connectivity index (χ3n) is 2.19. The minimum Gasteiger partial charge on any atom is -0.463 e. The van der Waals surface area contributed by atoms with Crippen LogP contribution in [0.1, 0.15) is 6.92 Å². The molecule has 0 radical (unpaired) electrons. The summed E-state index contributed by atoms with van der Waals surface area (Å²) >= 11 is 0. The normalized spacial score (nSPS) is 34.9. The molecule has 1 aliphatic rings. The van der Waals surface area contributed by atoms with Crippen molar-refractivity contribution < 1.29 is 34.0 Å². The molecule has 1 aliphatic heterocycles. The molecule has 92 valence electrons. The van der Waals surface area contributed by atoms with Crippen molar-refractivity contribution >= 4 is 11.8 Å². The van der Waals surface area contributed by atoms with Crippen LogP contribution in [0.2, 0.25) is 0 Å². The maximum Gasteiger partial charge on any atom is 0.302 e. The molecule has 1 heterocycles. The van der Waals surface area contributed by atoms with Crippen LogP contribution in [0.25, 0.3) is 0 Å². The van der Waals surface area contributed by atoms with Gasteiger partial charge in [-0.15, -0.1) is 0 Å². The van der Waals surface area contributed by atoms with Crippen LogP contribution < -0.4 is 0 Å². The van der Waals surface area contributed by atoms with E-state index in [0.29, 0.717) is 0 Å². The third kappa shape index (κ3) is 2.76. The molecule has 0 aliphatic carbocycles. The van der Waals surface area contributed by atoms with Gasteiger partial charge in [-0.2, -0.15) is 0 Å². The monoisotopic (exact) mass is 234 g/mol. The molecular formula is C9H14O7. The number of ketones is 1. The second-order valence-corrected chi connectivity index (χ2v) is 3.38. The molecule has 0 saturated carbocycles. The van der Waals surface area contributed by atoms with E-state index in [0.717, 1.165) is 0 Å². The summed E-state index contributed by atoms with van der Waals surface area (Å²) in [6, 6.07) is 0. The van der Waals surface area contributed by atoms with E-state index in [9.17, 15) is 19.8 Å². The summed E-state index contributed by atoms with van der Waals surface area (Å²) in [5, 5.41) is 18.9. The molecule has 1 rings (SSSR count). The second kappa shape index (κ2) is 5.35. The Labute approximate surface area is 91.9 Å². The molecule has 0 aromatic heterocycles. The average molecular weight is 234 g/mol. The van der Waals surface area contributed by atoms with Gasteiger partial charge in [0.05, 0.1) is 0 Å². The quantitative estimate of drug-likeness (QED) is 0.556. The zero-order valence-electron chi connectivity index (χ0n) is 8.95. The van der Waals surface area contributed by atoms with E-state index in [1.165, 1.54) is 14.0 Å². The highest BCUT2D eigenvalue weighted by atomic mass is 16.7. The van der Waals surface area contributed by atoms with Crippen LogP contribution in [-0.2, 0) is 23.8 Å². The van der Waals surface area contributed by atoms with E-state index >= 15 is 0 Å². The highest BCUT2D eigenvalue weighted by Gasteiger charge is 2.44. The fourth-order valence-electron chi connectivity index (χ4n) is 1.33. The number of hydrogen-bond donors (Lipinski definition) is 2. The van der Waals surface area contributed by atoms with Gasteiger partial charge >= 0.3 is 5.97 Å². The van der Waals surface area contributed by atoms with Gasteiger partial charge in [0.25, 0.3) is 0 Å². The van der Waals surface area contributed by atoms with Gasteiger partial charge in [0.2, 0.25) is 12.1 Å². The van der Waals surface area contributed by atoms with Crippen molar-refractivity contribution in [1.29, 1.82) is 0 Å². The first-order valence-corrected chi connectivity index (χ1v) is 4.69. The molecule has 0 spiro atoms. The average Bonchev–Trinajstić information content (AvgIpc) is 2.25. The lowest BCUT2D eigenvalue weighted by Crippen LogP contribution is -2.56. The fraction of sp³-hybridized carbons (Fsp3) is 0.778. The molecule has 0 amide bonds. The SMILES string of the molecule is COC1OC(COC(C)=O)C(O)C(O)C1=O. The van der Waals surface area contributed by atoms with E-state index in [1.54, 1.807) is 0 Å². The van der Waals surface area contributed by atoms with E-state index in [-0.39, 0.29) is 6.61 Å². The molecule has 7 nitrogen and oxygen atoms in total. The Hall–Kier alpha value is -1.02. The van der Waals surface area contributed by atoms with Gasteiger partial charge < -0.3 is 24.4 Å². The number of rotatable bonds is 3. The highest BCUT2D eigenvalue weighted by Crippen LogP contribution is 2.18. The molecule has 16 heavy (non-hydrogen) atoms. The Morgan fingerprint density at radius 2 is 2.12 bits per heavy atom. The van der Waals surface area contributed by atoms with E-state index in [2.05, 4.69) is 9.47 Å². The predicted octanol–water partition coefficient (Wildman–Crippen LogP) is -1.79. The largest absolute Gasteiger partial charge is 0.463 e. The number of Topliss-reactive ketones (excluding diaryl/α,β-unsaturated/α-hetero) is 1. The summed E-state index contributed by atoms with van der Waals surface area (Å²) in [5.41, 5.74) is 0. The fourth-order valence-corrected chi connectivity index (χ4v) is 1.33. The second-order valence-electron chi connectivity index (χ2n) is 3.38. The van der Waals surface area contributed by atoms with E-state index in [4.69, 9.17) is 4.74 Å². The number of esters is 1. The molecule has 0 bridgehead atoms. The summed E-state index contributed by atoms with van der Waals surface area (Å²) in [4.78, 5) is 21.9. The molecular weight excluding hydrogens is 220 g/mol. The topological polar surface area (TPSA) is 102 Å². The number of methoxy groups -OCH3 is 1. The van der Waals surface area contributed by atoms with Gasteiger partial charge in [-0.3, -0.25) is 9.59 Å². The van der Waals surface area contributed by atoms with Gasteiger partial charge in [-0.05, 0) is 0 Å². The lowest BCUT2D eigenvalue weighted by Gasteiger charge is -2.34. The highest BCUT2D eigenvalue weighted by molar-refractivity contribution is 5.87. The first-order chi connectivity index (χ1) is 7.47. The van der Waals surface area contributed by atoms with Crippen molar-refractivity contribution in [3.8, 4) is 0 Å². The summed E-state index contributed by atoms with van der Waals surface area (Å²) < 4.78 is 14.3. The van der Waals surface area contributed by atoms with Crippen LogP contribution >= 0.6 is 0 Å². The first-order valence-electron chi connectivity index (χ1n) is 4.69. The molecule has 1 fully saturated rings. The zero-order chi connectivity index (χ0) is 12.3. The number of carbonyl (C=O) groups is 2. The first kappa shape index (κ1) is 13.0. The van der Waals surface area contributed by atoms with Crippen molar-refractivity contribution in [2.75, 3.05) is 13.7 Å². The Bertz CT molecular complexity index is 273. The number of hydrogen-bond acceptors (Lipinski definition) is 7. The van der Waals surface area contributed by atoms with E-state index < -0.39 is 36.4 Å².